The number of carbonyl (C=O) groups is 1. The quantitative estimate of drug-likeness (QED) is 0.846. The Labute approximate surface area is 116 Å². The summed E-state index contributed by atoms with van der Waals surface area (Å²) in [6.07, 6.45) is 0. The van der Waals surface area contributed by atoms with E-state index in [1.165, 1.54) is 25.3 Å². The van der Waals surface area contributed by atoms with Crippen LogP contribution in [0.1, 0.15) is 15.9 Å². The summed E-state index contributed by atoms with van der Waals surface area (Å²) in [5, 5.41) is 2.72. The first kappa shape index (κ1) is 13.9. The van der Waals surface area contributed by atoms with Crippen molar-refractivity contribution in [2.24, 2.45) is 0 Å². The Bertz CT molecular complexity index is 656. The van der Waals surface area contributed by atoms with Crippen LogP contribution in [0, 0.1) is 12.7 Å². The van der Waals surface area contributed by atoms with Gasteiger partial charge >= 0.3 is 0 Å². The molecule has 3 N–H and O–H groups in total. The third-order valence-corrected chi connectivity index (χ3v) is 2.92. The topological polar surface area (TPSA) is 64.3 Å². The highest BCUT2D eigenvalue weighted by atomic mass is 19.1. The average Bonchev–Trinajstić information content (AvgIpc) is 2.40. The standard InChI is InChI=1S/C15H15FN2O2/c1-9-7-10(16)3-5-12(9)15(19)18-11-4-6-13(17)14(8-11)20-2/h3-8H,17H2,1-2H3,(H,18,19). The molecule has 20 heavy (non-hydrogen) atoms. The maximum Gasteiger partial charge on any atom is 0.255 e. The molecule has 2 aromatic carbocycles. The van der Waals surface area contributed by atoms with Gasteiger partial charge in [0.2, 0.25) is 0 Å². The molecule has 2 aromatic rings. The zero-order valence-corrected chi connectivity index (χ0v) is 11.2. The summed E-state index contributed by atoms with van der Waals surface area (Å²) in [6.45, 7) is 1.68. The molecule has 0 aliphatic heterocycles. The minimum atomic E-state index is -0.367. The molecule has 0 saturated carbocycles. The number of amides is 1. The smallest absolute Gasteiger partial charge is 0.255 e. The number of rotatable bonds is 3. The van der Waals surface area contributed by atoms with E-state index in [1.807, 2.05) is 0 Å². The number of hydrogen-bond acceptors (Lipinski definition) is 3. The number of hydrogen-bond donors (Lipinski definition) is 2. The number of nitrogens with one attached hydrogen (secondary N) is 1. The molecule has 0 fully saturated rings. The van der Waals surface area contributed by atoms with Gasteiger partial charge in [0.25, 0.3) is 5.91 Å². The van der Waals surface area contributed by atoms with Gasteiger partial charge in [0.15, 0.2) is 0 Å². The first-order valence-corrected chi connectivity index (χ1v) is 6.02. The van der Waals surface area contributed by atoms with Crippen LogP contribution >= 0.6 is 0 Å². The number of nitrogens with two attached hydrogens (primary N) is 1. The lowest BCUT2D eigenvalue weighted by Crippen LogP contribution is -2.13. The molecule has 2 rings (SSSR count). The van der Waals surface area contributed by atoms with Crippen LogP contribution < -0.4 is 15.8 Å². The monoisotopic (exact) mass is 274 g/mol. The fraction of sp³-hybridized carbons (Fsp3) is 0.133. The first-order valence-electron chi connectivity index (χ1n) is 6.02. The minimum absolute atomic E-state index is 0.311. The van der Waals surface area contributed by atoms with E-state index in [-0.39, 0.29) is 11.7 Å². The number of halogens is 1. The fourth-order valence-corrected chi connectivity index (χ4v) is 1.87. The molecule has 0 spiro atoms. The number of nitrogen functional groups attached to an aromatic ring is 1. The Morgan fingerprint density at radius 3 is 2.65 bits per heavy atom. The molecular formula is C15H15FN2O2. The van der Waals surface area contributed by atoms with E-state index in [0.717, 1.165) is 0 Å². The van der Waals surface area contributed by atoms with Crippen molar-refractivity contribution in [2.45, 2.75) is 6.92 Å². The van der Waals surface area contributed by atoms with E-state index in [2.05, 4.69) is 5.32 Å². The van der Waals surface area contributed by atoms with Crippen LogP contribution in [-0.4, -0.2) is 13.0 Å². The van der Waals surface area contributed by atoms with Crippen molar-refractivity contribution >= 4 is 17.3 Å². The lowest BCUT2D eigenvalue weighted by atomic mass is 10.1. The van der Waals surface area contributed by atoms with Gasteiger partial charge in [-0.2, -0.15) is 0 Å². The van der Waals surface area contributed by atoms with E-state index >= 15 is 0 Å². The van der Waals surface area contributed by atoms with Crippen molar-refractivity contribution in [3.63, 3.8) is 0 Å². The van der Waals surface area contributed by atoms with Crippen LogP contribution in [0.15, 0.2) is 36.4 Å². The Balaban J connectivity index is 2.23. The van der Waals surface area contributed by atoms with Crippen molar-refractivity contribution in [1.82, 2.24) is 0 Å². The summed E-state index contributed by atoms with van der Waals surface area (Å²) in [6, 6.07) is 8.98. The van der Waals surface area contributed by atoms with Gasteiger partial charge in [-0.05, 0) is 42.8 Å². The summed E-state index contributed by atoms with van der Waals surface area (Å²) < 4.78 is 18.1. The molecule has 5 heteroatoms. The second kappa shape index (κ2) is 5.61. The van der Waals surface area contributed by atoms with Crippen molar-refractivity contribution in [3.8, 4) is 5.75 Å². The van der Waals surface area contributed by atoms with Crippen LogP contribution in [0.4, 0.5) is 15.8 Å². The number of anilines is 2. The Kier molecular flexibility index (Phi) is 3.89. The fourth-order valence-electron chi connectivity index (χ4n) is 1.87. The normalized spacial score (nSPS) is 10.2. The van der Waals surface area contributed by atoms with Crippen molar-refractivity contribution in [2.75, 3.05) is 18.2 Å². The number of ether oxygens (including phenoxy) is 1. The van der Waals surface area contributed by atoms with Gasteiger partial charge in [-0.15, -0.1) is 0 Å². The molecular weight excluding hydrogens is 259 g/mol. The SMILES string of the molecule is COc1cc(NC(=O)c2ccc(F)cc2C)ccc1N. The van der Waals surface area contributed by atoms with E-state index < -0.39 is 0 Å². The number of aryl methyl sites for hydroxylation is 1. The van der Waals surface area contributed by atoms with Gasteiger partial charge in [0, 0.05) is 17.3 Å². The average molecular weight is 274 g/mol. The first-order chi connectivity index (χ1) is 9.51. The maximum absolute atomic E-state index is 13.0. The predicted molar refractivity (Wildman–Crippen MR) is 76.5 cm³/mol. The lowest BCUT2D eigenvalue weighted by molar-refractivity contribution is 0.102. The van der Waals surface area contributed by atoms with Crippen molar-refractivity contribution in [3.05, 3.63) is 53.3 Å². The van der Waals surface area contributed by atoms with Crippen molar-refractivity contribution in [1.29, 1.82) is 0 Å². The second-order valence-corrected chi connectivity index (χ2v) is 4.37. The highest BCUT2D eigenvalue weighted by molar-refractivity contribution is 6.05. The van der Waals surface area contributed by atoms with E-state index in [9.17, 15) is 9.18 Å². The summed E-state index contributed by atoms with van der Waals surface area (Å²) in [5.41, 5.74) is 7.75. The van der Waals surface area contributed by atoms with Gasteiger partial charge < -0.3 is 15.8 Å². The van der Waals surface area contributed by atoms with Crippen LogP contribution in [0.3, 0.4) is 0 Å². The second-order valence-electron chi connectivity index (χ2n) is 4.37. The van der Waals surface area contributed by atoms with Gasteiger partial charge in [0.1, 0.15) is 11.6 Å². The van der Waals surface area contributed by atoms with Crippen LogP contribution in [0.25, 0.3) is 0 Å². The molecule has 0 bridgehead atoms. The van der Waals surface area contributed by atoms with E-state index in [1.54, 1.807) is 25.1 Å². The molecule has 0 aliphatic carbocycles. The highest BCUT2D eigenvalue weighted by Crippen LogP contribution is 2.25. The Morgan fingerprint density at radius 1 is 1.25 bits per heavy atom. The summed E-state index contributed by atoms with van der Waals surface area (Å²) in [7, 11) is 1.50. The van der Waals surface area contributed by atoms with E-state index in [0.29, 0.717) is 28.3 Å². The number of carbonyl (C=O) groups excluding carboxylic acids is 1. The van der Waals surface area contributed by atoms with Gasteiger partial charge in [-0.25, -0.2) is 4.39 Å². The molecule has 0 radical (unpaired) electrons. The van der Waals surface area contributed by atoms with Crippen LogP contribution in [0.5, 0.6) is 5.75 Å². The zero-order valence-electron chi connectivity index (χ0n) is 11.2. The van der Waals surface area contributed by atoms with E-state index in [4.69, 9.17) is 10.5 Å². The maximum atomic E-state index is 13.0. The van der Waals surface area contributed by atoms with Crippen LogP contribution in [0.2, 0.25) is 0 Å². The summed E-state index contributed by atoms with van der Waals surface area (Å²) in [4.78, 5) is 12.1. The van der Waals surface area contributed by atoms with Gasteiger partial charge in [-0.3, -0.25) is 4.79 Å². The summed E-state index contributed by atoms with van der Waals surface area (Å²) in [5.74, 6) is -0.193. The molecule has 1 amide bonds. The molecule has 0 aliphatic rings. The van der Waals surface area contributed by atoms with Crippen LogP contribution in [-0.2, 0) is 0 Å². The largest absolute Gasteiger partial charge is 0.495 e. The Morgan fingerprint density at radius 2 is 2.00 bits per heavy atom. The zero-order chi connectivity index (χ0) is 14.7. The third-order valence-electron chi connectivity index (χ3n) is 2.92. The summed E-state index contributed by atoms with van der Waals surface area (Å²) >= 11 is 0. The molecule has 4 nitrogen and oxygen atoms in total. The number of benzene rings is 2. The molecule has 0 aromatic heterocycles. The third kappa shape index (κ3) is 2.88. The Hall–Kier alpha value is -2.56. The minimum Gasteiger partial charge on any atom is -0.495 e. The van der Waals surface area contributed by atoms with Gasteiger partial charge in [-0.1, -0.05) is 0 Å². The molecule has 0 unspecified atom stereocenters. The highest BCUT2D eigenvalue weighted by Gasteiger charge is 2.11. The molecule has 0 heterocycles. The van der Waals surface area contributed by atoms with Gasteiger partial charge in [0.05, 0.1) is 12.8 Å². The lowest BCUT2D eigenvalue weighted by Gasteiger charge is -2.10. The molecule has 0 atom stereocenters. The molecule has 104 valence electrons. The molecule has 0 saturated heterocycles. The van der Waals surface area contributed by atoms with Crippen molar-refractivity contribution < 1.29 is 13.9 Å². The predicted octanol–water partition coefficient (Wildman–Crippen LogP) is 2.98. The number of methoxy groups -OCH3 is 1.